The average Bonchev–Trinajstić information content (AvgIpc) is 2.66. The number of halogens is 1. The number of nitrogens with one attached hydrogen (secondary N) is 1. The molecule has 0 bridgehead atoms. The molecule has 2 aromatic carbocycles. The molecule has 6 nitrogen and oxygen atoms in total. The van der Waals surface area contributed by atoms with E-state index in [1.54, 1.807) is 20.8 Å². The molecule has 2 aromatic rings. The summed E-state index contributed by atoms with van der Waals surface area (Å²) in [5, 5.41) is 3.24. The van der Waals surface area contributed by atoms with Crippen LogP contribution in [0.2, 0.25) is 5.02 Å². The summed E-state index contributed by atoms with van der Waals surface area (Å²) < 4.78 is 15.8. The summed E-state index contributed by atoms with van der Waals surface area (Å²) in [7, 11) is 1.28. The summed E-state index contributed by atoms with van der Waals surface area (Å²) in [5.41, 5.74) is 1.19. The Kier molecular flexibility index (Phi) is 7.91. The molecule has 1 N–H and O–H groups in total. The van der Waals surface area contributed by atoms with Crippen LogP contribution in [-0.2, 0) is 27.3 Å². The molecule has 0 unspecified atom stereocenters. The van der Waals surface area contributed by atoms with Gasteiger partial charge in [-0.2, -0.15) is 0 Å². The highest BCUT2D eigenvalue weighted by molar-refractivity contribution is 6.30. The Morgan fingerprint density at radius 2 is 1.59 bits per heavy atom. The van der Waals surface area contributed by atoms with Gasteiger partial charge in [0.15, 0.2) is 0 Å². The highest BCUT2D eigenvalue weighted by Crippen LogP contribution is 2.17. The van der Waals surface area contributed by atoms with E-state index < -0.39 is 23.7 Å². The van der Waals surface area contributed by atoms with Gasteiger partial charge in [0.2, 0.25) is 0 Å². The van der Waals surface area contributed by atoms with Crippen LogP contribution in [0.5, 0.6) is 5.75 Å². The van der Waals surface area contributed by atoms with E-state index in [1.165, 1.54) is 7.11 Å². The molecular weight excluding hydrogens is 394 g/mol. The zero-order chi connectivity index (χ0) is 21.4. The fourth-order valence-corrected chi connectivity index (χ4v) is 2.62. The lowest BCUT2D eigenvalue weighted by Gasteiger charge is -2.22. The SMILES string of the molecule is COC(=O)[C@H](Cc1ccc(OCc2ccc(Cl)cc2)cc1)NC(=O)OC(C)(C)C. The second kappa shape index (κ2) is 10.2. The molecule has 0 saturated carbocycles. The zero-order valence-electron chi connectivity index (χ0n) is 17.0. The molecule has 0 saturated heterocycles. The van der Waals surface area contributed by atoms with Gasteiger partial charge in [-0.25, -0.2) is 9.59 Å². The summed E-state index contributed by atoms with van der Waals surface area (Å²) in [6.45, 7) is 5.68. The van der Waals surface area contributed by atoms with Gasteiger partial charge >= 0.3 is 12.1 Å². The number of hydrogen-bond donors (Lipinski definition) is 1. The highest BCUT2D eigenvalue weighted by Gasteiger charge is 2.25. The minimum atomic E-state index is -0.851. The van der Waals surface area contributed by atoms with Crippen molar-refractivity contribution < 1.29 is 23.8 Å². The number of alkyl carbamates (subject to hydrolysis) is 1. The second-order valence-corrected chi connectivity index (χ2v) is 7.92. The van der Waals surface area contributed by atoms with Crippen LogP contribution >= 0.6 is 11.6 Å². The van der Waals surface area contributed by atoms with Crippen LogP contribution in [0.3, 0.4) is 0 Å². The predicted molar refractivity (Wildman–Crippen MR) is 111 cm³/mol. The summed E-state index contributed by atoms with van der Waals surface area (Å²) in [5.74, 6) is 0.150. The molecular formula is C22H26ClNO5. The van der Waals surface area contributed by atoms with Crippen molar-refractivity contribution in [2.75, 3.05) is 7.11 Å². The first-order chi connectivity index (χ1) is 13.7. The molecule has 7 heteroatoms. The maximum atomic E-state index is 12.0. The van der Waals surface area contributed by atoms with E-state index in [9.17, 15) is 9.59 Å². The van der Waals surface area contributed by atoms with Gasteiger partial charge < -0.3 is 19.5 Å². The third-order valence-corrected chi connectivity index (χ3v) is 4.11. The van der Waals surface area contributed by atoms with Crippen molar-refractivity contribution in [1.29, 1.82) is 0 Å². The third kappa shape index (κ3) is 8.03. The van der Waals surface area contributed by atoms with E-state index in [-0.39, 0.29) is 6.42 Å². The Labute approximate surface area is 176 Å². The van der Waals surface area contributed by atoms with Crippen molar-refractivity contribution in [3.8, 4) is 5.75 Å². The molecule has 0 radical (unpaired) electrons. The Morgan fingerprint density at radius 1 is 1.00 bits per heavy atom. The van der Waals surface area contributed by atoms with Gasteiger partial charge in [-0.05, 0) is 56.2 Å². The van der Waals surface area contributed by atoms with E-state index >= 15 is 0 Å². The summed E-state index contributed by atoms with van der Waals surface area (Å²) in [6, 6.07) is 13.9. The normalized spacial score (nSPS) is 12.0. The van der Waals surface area contributed by atoms with Crippen LogP contribution in [0.4, 0.5) is 4.79 Å². The summed E-state index contributed by atoms with van der Waals surface area (Å²) in [4.78, 5) is 24.0. The molecule has 0 aromatic heterocycles. The molecule has 1 amide bonds. The number of benzene rings is 2. The number of carbonyl (C=O) groups is 2. The van der Waals surface area contributed by atoms with Crippen molar-refractivity contribution in [1.82, 2.24) is 5.32 Å². The molecule has 156 valence electrons. The van der Waals surface area contributed by atoms with Gasteiger partial charge in [-0.3, -0.25) is 0 Å². The maximum absolute atomic E-state index is 12.0. The van der Waals surface area contributed by atoms with Gasteiger partial charge in [-0.15, -0.1) is 0 Å². The number of ether oxygens (including phenoxy) is 3. The first-order valence-electron chi connectivity index (χ1n) is 9.20. The van der Waals surface area contributed by atoms with E-state index in [0.717, 1.165) is 11.1 Å². The number of rotatable bonds is 7. The summed E-state index contributed by atoms with van der Waals surface area (Å²) in [6.07, 6.45) is -0.403. The standard InChI is InChI=1S/C22H26ClNO5/c1-22(2,3)29-21(26)24-19(20(25)27-4)13-15-7-11-18(12-8-15)28-14-16-5-9-17(23)10-6-16/h5-12,19H,13-14H2,1-4H3,(H,24,26)/t19-/m0/s1. The molecule has 0 aliphatic heterocycles. The van der Waals surface area contributed by atoms with Gasteiger partial charge in [0.1, 0.15) is 24.0 Å². The summed E-state index contributed by atoms with van der Waals surface area (Å²) >= 11 is 5.88. The first-order valence-corrected chi connectivity index (χ1v) is 9.57. The quantitative estimate of drug-likeness (QED) is 0.667. The van der Waals surface area contributed by atoms with E-state index in [2.05, 4.69) is 5.32 Å². The number of methoxy groups -OCH3 is 1. The maximum Gasteiger partial charge on any atom is 0.408 e. The van der Waals surface area contributed by atoms with Gasteiger partial charge in [0, 0.05) is 11.4 Å². The molecule has 0 aliphatic carbocycles. The fourth-order valence-electron chi connectivity index (χ4n) is 2.49. The Balaban J connectivity index is 1.95. The molecule has 0 fully saturated rings. The van der Waals surface area contributed by atoms with Crippen LogP contribution in [0.15, 0.2) is 48.5 Å². The lowest BCUT2D eigenvalue weighted by molar-refractivity contribution is -0.143. The Bertz CT molecular complexity index is 813. The first kappa shape index (κ1) is 22.6. The zero-order valence-corrected chi connectivity index (χ0v) is 17.8. The molecule has 0 heterocycles. The molecule has 1 atom stereocenters. The van der Waals surface area contributed by atoms with Gasteiger partial charge in [0.25, 0.3) is 0 Å². The van der Waals surface area contributed by atoms with E-state index in [1.807, 2.05) is 48.5 Å². The van der Waals surface area contributed by atoms with Gasteiger partial charge in [-0.1, -0.05) is 35.9 Å². The van der Waals surface area contributed by atoms with Crippen LogP contribution < -0.4 is 10.1 Å². The minimum absolute atomic E-state index is 0.267. The lowest BCUT2D eigenvalue weighted by Crippen LogP contribution is -2.45. The monoisotopic (exact) mass is 419 g/mol. The number of hydrogen-bond acceptors (Lipinski definition) is 5. The Hall–Kier alpha value is -2.73. The van der Waals surface area contributed by atoms with Crippen molar-refractivity contribution in [2.24, 2.45) is 0 Å². The van der Waals surface area contributed by atoms with Crippen molar-refractivity contribution in [2.45, 2.75) is 45.4 Å². The lowest BCUT2D eigenvalue weighted by atomic mass is 10.1. The van der Waals surface area contributed by atoms with Crippen LogP contribution in [0.25, 0.3) is 0 Å². The number of carbonyl (C=O) groups excluding carboxylic acids is 2. The van der Waals surface area contributed by atoms with E-state index in [0.29, 0.717) is 17.4 Å². The molecule has 0 spiro atoms. The van der Waals surface area contributed by atoms with E-state index in [4.69, 9.17) is 25.8 Å². The minimum Gasteiger partial charge on any atom is -0.489 e. The molecule has 0 aliphatic rings. The van der Waals surface area contributed by atoms with Gasteiger partial charge in [0.05, 0.1) is 7.11 Å². The molecule has 2 rings (SSSR count). The van der Waals surface area contributed by atoms with Crippen molar-refractivity contribution in [3.05, 3.63) is 64.7 Å². The average molecular weight is 420 g/mol. The van der Waals surface area contributed by atoms with Crippen LogP contribution in [-0.4, -0.2) is 30.8 Å². The largest absolute Gasteiger partial charge is 0.489 e. The fraction of sp³-hybridized carbons (Fsp3) is 0.364. The number of esters is 1. The number of amides is 1. The third-order valence-electron chi connectivity index (χ3n) is 3.86. The topological polar surface area (TPSA) is 73.9 Å². The second-order valence-electron chi connectivity index (χ2n) is 7.49. The smallest absolute Gasteiger partial charge is 0.408 e. The molecule has 29 heavy (non-hydrogen) atoms. The van der Waals surface area contributed by atoms with Crippen molar-refractivity contribution >= 4 is 23.7 Å². The van der Waals surface area contributed by atoms with Crippen molar-refractivity contribution in [3.63, 3.8) is 0 Å². The Morgan fingerprint density at radius 3 is 2.14 bits per heavy atom. The predicted octanol–water partition coefficient (Wildman–Crippen LogP) is 4.53. The van der Waals surface area contributed by atoms with Crippen LogP contribution in [0.1, 0.15) is 31.9 Å². The van der Waals surface area contributed by atoms with Crippen LogP contribution in [0, 0.1) is 0 Å². The highest BCUT2D eigenvalue weighted by atomic mass is 35.5.